The predicted molar refractivity (Wildman–Crippen MR) is 168 cm³/mol. The van der Waals surface area contributed by atoms with Crippen molar-refractivity contribution in [2.24, 2.45) is 0 Å². The molecule has 0 aliphatic carbocycles. The zero-order chi connectivity index (χ0) is 27.1. The molecule has 2 aromatic heterocycles. The lowest BCUT2D eigenvalue weighted by Gasteiger charge is -2.17. The Morgan fingerprint density at radius 3 is 2.17 bits per heavy atom. The van der Waals surface area contributed by atoms with Gasteiger partial charge in [-0.3, -0.25) is 0 Å². The molecule has 3 N–H and O–H groups in total. The van der Waals surface area contributed by atoms with Crippen LogP contribution in [0.3, 0.4) is 0 Å². The van der Waals surface area contributed by atoms with Crippen molar-refractivity contribution in [1.29, 1.82) is 0 Å². The first kappa shape index (κ1) is 23.3. The van der Waals surface area contributed by atoms with Gasteiger partial charge in [-0.05, 0) is 68.7 Å². The summed E-state index contributed by atoms with van der Waals surface area (Å²) < 4.78 is 0. The fraction of sp³-hybridized carbons (Fsp3) is 0.200. The second-order valence-corrected chi connectivity index (χ2v) is 11.7. The average molecular weight is 522 g/mol. The quantitative estimate of drug-likeness (QED) is 0.203. The second-order valence-electron chi connectivity index (χ2n) is 11.7. The van der Waals surface area contributed by atoms with Gasteiger partial charge in [0.1, 0.15) is 11.6 Å². The Bertz CT molecular complexity index is 2170. The number of hydrogen-bond acceptors (Lipinski definition) is 3. The molecular formula is C35H31N5. The Hall–Kier alpha value is -4.64. The summed E-state index contributed by atoms with van der Waals surface area (Å²) in [5, 5.41) is 10.8. The molecule has 0 bridgehead atoms. The van der Waals surface area contributed by atoms with E-state index in [1.807, 2.05) is 0 Å². The number of H-pyrrole nitrogens is 2. The molecule has 0 unspecified atom stereocenters. The van der Waals surface area contributed by atoms with Crippen molar-refractivity contribution >= 4 is 60.5 Å². The van der Waals surface area contributed by atoms with Gasteiger partial charge < -0.3 is 15.3 Å². The topological polar surface area (TPSA) is 69.4 Å². The van der Waals surface area contributed by atoms with E-state index >= 15 is 0 Å². The van der Waals surface area contributed by atoms with Crippen LogP contribution in [0.4, 0.5) is 0 Å². The molecule has 5 nitrogen and oxygen atoms in total. The van der Waals surface area contributed by atoms with Crippen molar-refractivity contribution in [3.63, 3.8) is 0 Å². The van der Waals surface area contributed by atoms with Gasteiger partial charge in [-0.25, -0.2) is 9.97 Å². The first-order valence-corrected chi connectivity index (χ1v) is 14.2. The first-order chi connectivity index (χ1) is 19.5. The largest absolute Gasteiger partial charge is 0.387 e. The van der Waals surface area contributed by atoms with Gasteiger partial charge in [0.05, 0.1) is 22.1 Å². The van der Waals surface area contributed by atoms with Crippen LogP contribution in [-0.2, 0) is 6.54 Å². The first-order valence-electron chi connectivity index (χ1n) is 14.2. The highest BCUT2D eigenvalue weighted by molar-refractivity contribution is 6.16. The highest BCUT2D eigenvalue weighted by Crippen LogP contribution is 2.38. The van der Waals surface area contributed by atoms with Gasteiger partial charge >= 0.3 is 0 Å². The molecule has 8 rings (SSSR count). The molecule has 0 atom stereocenters. The molecule has 0 spiro atoms. The second kappa shape index (κ2) is 8.43. The summed E-state index contributed by atoms with van der Waals surface area (Å²) in [4.78, 5) is 17.1. The standard InChI is InChI=1S/C35H31N5/c1-18(2)34-37-30-12-11-24-23-8-5-20(15-22(23)7-10-26(24)31(30)38-34)21-6-9-27-28(16-21)25-13-14-36-17-29(25)33-32(27)39-35(40-33)19(3)4/h5-16,18-19,36H,17H2,1-4H3,(H,37,38)(H,39,40). The number of nitrogens with one attached hydrogen (secondary N) is 3. The van der Waals surface area contributed by atoms with E-state index in [2.05, 4.69) is 116 Å². The summed E-state index contributed by atoms with van der Waals surface area (Å²) in [5.74, 6) is 2.79. The Kier molecular flexibility index (Phi) is 4.90. The zero-order valence-corrected chi connectivity index (χ0v) is 23.2. The van der Waals surface area contributed by atoms with Crippen LogP contribution in [0.25, 0.3) is 71.6 Å². The van der Waals surface area contributed by atoms with Gasteiger partial charge in [0, 0.05) is 34.7 Å². The summed E-state index contributed by atoms with van der Waals surface area (Å²) in [7, 11) is 0. The lowest BCUT2D eigenvalue weighted by atomic mass is 9.91. The molecule has 0 radical (unpaired) electrons. The van der Waals surface area contributed by atoms with Gasteiger partial charge in [0.25, 0.3) is 0 Å². The molecule has 0 amide bonds. The Balaban J connectivity index is 1.30. The molecular weight excluding hydrogens is 490 g/mol. The number of imidazole rings is 2. The summed E-state index contributed by atoms with van der Waals surface area (Å²) in [6.07, 6.45) is 4.25. The maximum Gasteiger partial charge on any atom is 0.109 e. The Labute approximate surface area is 232 Å². The minimum Gasteiger partial charge on any atom is -0.387 e. The van der Waals surface area contributed by atoms with E-state index in [0.29, 0.717) is 11.8 Å². The van der Waals surface area contributed by atoms with Gasteiger partial charge in [-0.15, -0.1) is 0 Å². The van der Waals surface area contributed by atoms with E-state index in [9.17, 15) is 0 Å². The summed E-state index contributed by atoms with van der Waals surface area (Å²) >= 11 is 0. The minimum absolute atomic E-state index is 0.347. The molecule has 1 aliphatic heterocycles. The third-order valence-corrected chi connectivity index (χ3v) is 8.47. The third kappa shape index (κ3) is 3.33. The molecule has 196 valence electrons. The molecule has 1 aliphatic rings. The van der Waals surface area contributed by atoms with Crippen LogP contribution in [0, 0.1) is 0 Å². The van der Waals surface area contributed by atoms with Crippen molar-refractivity contribution in [1.82, 2.24) is 25.3 Å². The summed E-state index contributed by atoms with van der Waals surface area (Å²) in [6.45, 7) is 9.51. The van der Waals surface area contributed by atoms with Crippen LogP contribution in [-0.4, -0.2) is 19.9 Å². The van der Waals surface area contributed by atoms with Crippen molar-refractivity contribution in [3.8, 4) is 11.1 Å². The fourth-order valence-corrected chi connectivity index (χ4v) is 6.30. The van der Waals surface area contributed by atoms with Gasteiger partial charge in [-0.2, -0.15) is 0 Å². The molecule has 0 saturated heterocycles. The lowest BCUT2D eigenvalue weighted by Crippen LogP contribution is -2.11. The Morgan fingerprint density at radius 1 is 0.650 bits per heavy atom. The van der Waals surface area contributed by atoms with E-state index in [1.54, 1.807) is 0 Å². The normalized spacial score (nSPS) is 13.4. The van der Waals surface area contributed by atoms with Crippen molar-refractivity contribution in [3.05, 3.63) is 89.6 Å². The Morgan fingerprint density at radius 2 is 1.35 bits per heavy atom. The maximum absolute atomic E-state index is 5.01. The minimum atomic E-state index is 0.347. The highest BCUT2D eigenvalue weighted by Gasteiger charge is 2.20. The van der Waals surface area contributed by atoms with Crippen LogP contribution in [0.15, 0.2) is 66.9 Å². The molecule has 7 aromatic rings. The van der Waals surface area contributed by atoms with Crippen LogP contribution >= 0.6 is 0 Å². The third-order valence-electron chi connectivity index (χ3n) is 8.47. The highest BCUT2D eigenvalue weighted by atomic mass is 14.9. The number of aromatic nitrogens is 4. The van der Waals surface area contributed by atoms with E-state index in [-0.39, 0.29) is 0 Å². The zero-order valence-electron chi connectivity index (χ0n) is 23.2. The van der Waals surface area contributed by atoms with E-state index in [1.165, 1.54) is 54.6 Å². The fourth-order valence-electron chi connectivity index (χ4n) is 6.30. The van der Waals surface area contributed by atoms with Crippen molar-refractivity contribution < 1.29 is 0 Å². The summed E-state index contributed by atoms with van der Waals surface area (Å²) in [6, 6.07) is 22.6. The number of aromatic amines is 2. The van der Waals surface area contributed by atoms with E-state index in [4.69, 9.17) is 9.97 Å². The van der Waals surface area contributed by atoms with E-state index in [0.717, 1.165) is 40.3 Å². The predicted octanol–water partition coefficient (Wildman–Crippen LogP) is 8.89. The van der Waals surface area contributed by atoms with Gasteiger partial charge in [0.2, 0.25) is 0 Å². The SMILES string of the molecule is CC(C)c1nc2c(ccc3c4ccc(-c5ccc6c(c5)c5c(c7nc(C(C)C)[nH]c76)CNC=C5)cc4ccc32)[nH]1. The smallest absolute Gasteiger partial charge is 0.109 e. The number of nitrogens with zero attached hydrogens (tertiary/aromatic N) is 2. The lowest BCUT2D eigenvalue weighted by molar-refractivity contribution is 0.797. The van der Waals surface area contributed by atoms with Crippen LogP contribution in [0.2, 0.25) is 0 Å². The monoisotopic (exact) mass is 521 g/mol. The molecule has 5 heteroatoms. The molecule has 0 saturated carbocycles. The van der Waals surface area contributed by atoms with Crippen LogP contribution < -0.4 is 5.32 Å². The summed E-state index contributed by atoms with van der Waals surface area (Å²) in [5.41, 5.74) is 9.34. The molecule has 40 heavy (non-hydrogen) atoms. The average Bonchev–Trinajstić information content (AvgIpc) is 3.63. The van der Waals surface area contributed by atoms with Crippen LogP contribution in [0.1, 0.15) is 62.3 Å². The van der Waals surface area contributed by atoms with Crippen LogP contribution in [0.5, 0.6) is 0 Å². The van der Waals surface area contributed by atoms with Gasteiger partial charge in [0.15, 0.2) is 0 Å². The number of hydrogen-bond donors (Lipinski definition) is 3. The number of fused-ring (bicyclic) bond motifs is 11. The van der Waals surface area contributed by atoms with E-state index < -0.39 is 0 Å². The molecule has 0 fully saturated rings. The van der Waals surface area contributed by atoms with Crippen molar-refractivity contribution in [2.75, 3.05) is 0 Å². The maximum atomic E-state index is 5.01. The van der Waals surface area contributed by atoms with Crippen molar-refractivity contribution in [2.45, 2.75) is 46.1 Å². The molecule has 5 aromatic carbocycles. The number of rotatable bonds is 3. The van der Waals surface area contributed by atoms with Gasteiger partial charge in [-0.1, -0.05) is 70.2 Å². The molecule has 3 heterocycles. The number of benzene rings is 5.